The van der Waals surface area contributed by atoms with E-state index in [0.717, 1.165) is 0 Å². The van der Waals surface area contributed by atoms with Gasteiger partial charge in [0.1, 0.15) is 0 Å². The van der Waals surface area contributed by atoms with E-state index in [-0.39, 0.29) is 19.5 Å². The van der Waals surface area contributed by atoms with E-state index in [2.05, 4.69) is 0 Å². The minimum Gasteiger partial charge on any atom is -0.528 e. The summed E-state index contributed by atoms with van der Waals surface area (Å²) in [5.74, 6) is -140. The maximum absolute atomic E-state index is 15.0. The maximum Gasteiger partial charge on any atom is 2.00 e. The Hall–Kier alpha value is -7.58. The average molecular weight is 1620 g/mol. The van der Waals surface area contributed by atoms with Gasteiger partial charge in [0.15, 0.2) is 186 Å². The second-order valence-electron chi connectivity index (χ2n) is 17.8. The molecule has 0 aliphatic rings. The van der Waals surface area contributed by atoms with Gasteiger partial charge in [-0.05, 0) is 0 Å². The van der Waals surface area contributed by atoms with Crippen LogP contribution in [0.15, 0.2) is 0 Å². The molecule has 6 nitrogen and oxygen atoms in total. The van der Waals surface area contributed by atoms with Crippen molar-refractivity contribution in [1.82, 2.24) is 0 Å². The van der Waals surface area contributed by atoms with Gasteiger partial charge in [0, 0.05) is 0 Å². The van der Waals surface area contributed by atoms with Gasteiger partial charge >= 0.3 is 19.5 Å². The molecule has 8 rings (SSSR count). The van der Waals surface area contributed by atoms with Gasteiger partial charge in [0.2, 0.25) is 46.5 Å². The zero-order valence-electron chi connectivity index (χ0n) is 44.1. The Balaban J connectivity index is 0.000000309. The number of hydrogen-bond acceptors (Lipinski definition) is 4. The number of hydrogen-bond donors (Lipinski definition) is 0. The van der Waals surface area contributed by atoms with Crippen LogP contribution in [0.25, 0.3) is 9.72 Å². The molecule has 0 fully saturated rings. The predicted octanol–water partition coefficient (Wildman–Crippen LogP) is 16.0. The van der Waals surface area contributed by atoms with Crippen LogP contribution < -0.4 is 42.4 Å². The summed E-state index contributed by atoms with van der Waals surface area (Å²) < 4.78 is 634. The molecule has 99 heavy (non-hydrogen) atoms. The van der Waals surface area contributed by atoms with E-state index in [1.54, 1.807) is 0 Å². The Bertz CT molecular complexity index is 3970. The predicted molar refractivity (Wildman–Crippen MR) is 244 cm³/mol. The van der Waals surface area contributed by atoms with E-state index < -0.39 is 304 Å². The first-order chi connectivity index (χ1) is 44.8. The summed E-state index contributed by atoms with van der Waals surface area (Å²) in [5.41, 5.74) is 0. The third kappa shape index (κ3) is 11.8. The summed E-state index contributed by atoms with van der Waals surface area (Å²) in [4.78, 5) is 3.85. The molecule has 51 heteroatoms. The molecular weight excluding hydrogens is 1620 g/mol. The molecule has 0 spiro atoms. The Morgan fingerprint density at radius 1 is 0.121 bits per heavy atom. The van der Waals surface area contributed by atoms with Crippen LogP contribution >= 0.6 is 29.2 Å². The van der Waals surface area contributed by atoms with E-state index in [0.29, 0.717) is 0 Å². The molecule has 0 saturated carbocycles. The van der Waals surface area contributed by atoms with Gasteiger partial charge in [0.25, 0.3) is 0 Å². The molecule has 0 saturated heterocycles. The van der Waals surface area contributed by atoms with E-state index >= 15 is 70.2 Å². The zero-order chi connectivity index (χ0) is 75.1. The molecule has 8 aromatic carbocycles. The molecule has 0 aliphatic heterocycles. The third-order valence-electron chi connectivity index (χ3n) is 12.4. The van der Waals surface area contributed by atoms with Crippen LogP contribution in [-0.4, -0.2) is 0 Å². The Morgan fingerprint density at radius 3 is 0.232 bits per heavy atom. The largest absolute Gasteiger partial charge is 2.00 e. The second kappa shape index (κ2) is 27.4. The quantitative estimate of drug-likeness (QED) is 0.0400. The van der Waals surface area contributed by atoms with Crippen LogP contribution in [0.2, 0.25) is 0 Å². The number of rotatable bonds is 12. The Labute approximate surface area is 526 Å². The van der Waals surface area contributed by atoms with Gasteiger partial charge in [-0.15, -0.1) is 0 Å². The Kier molecular flexibility index (Phi) is 22.3. The van der Waals surface area contributed by atoms with Crippen molar-refractivity contribution in [2.45, 2.75) is 0 Å². The summed E-state index contributed by atoms with van der Waals surface area (Å²) in [6.45, 7) is 0. The normalized spacial score (nSPS) is 12.2. The van der Waals surface area contributed by atoms with Crippen molar-refractivity contribution in [1.29, 1.82) is 0 Å². The summed E-state index contributed by atoms with van der Waals surface area (Å²) in [6, 6.07) is 0. The van der Waals surface area contributed by atoms with Gasteiger partial charge in [-0.1, -0.05) is 0 Å². The van der Waals surface area contributed by atoms with Crippen LogP contribution in [0.3, 0.4) is 0 Å². The van der Waals surface area contributed by atoms with Crippen molar-refractivity contribution in [2.75, 3.05) is 0 Å². The first kappa shape index (κ1) is 80.4. The average Bonchev–Trinajstić information content (AvgIpc) is 0.710. The smallest absolute Gasteiger partial charge is 0.528 e. The van der Waals surface area contributed by atoms with Crippen LogP contribution in [0, 0.1) is 233 Å². The van der Waals surface area contributed by atoms with Crippen LogP contribution in [0.1, 0.15) is 0 Å². The van der Waals surface area contributed by atoms with Crippen molar-refractivity contribution in [3.8, 4) is 0 Å². The molecule has 0 heterocycles. The van der Waals surface area contributed by atoms with E-state index in [4.69, 9.17) is 0 Å². The first-order valence-corrected chi connectivity index (χ1v) is 29.5. The number of halogens is 40. The van der Waals surface area contributed by atoms with Crippen molar-refractivity contribution in [3.05, 3.63) is 242 Å². The SMILES string of the molecule is O=P([N-]P(=O)(c1c(F)c(F)c(F)c(F)c1F)c1c(F)c(F)c(F)c(F)c1F)(c1c(F)c(F)c(F)c(F)c1F)c1c(F)c(F)c(F)c(F)c1F.O=P([N-]P(=O)(c1c(F)c(F)c(F)c(F)c1F)c1c(F)c(F)c(F)c(F)c1F)(c1c(F)c(F)c(F)c(F)c1F)c1c(F)c(F)c(F)c(F)c1F.[Zn+2]. The summed E-state index contributed by atoms with van der Waals surface area (Å²) >= 11 is 0. The standard InChI is InChI=1S/2C24F20NO2P2.Zn/c2*25-1-5(29)13(37)21(14(38)6(1)30)48(46,22-15(39)7(31)2(26)8(32)16(22)40)45-49(47,23-17(41)9(33)3(27)10(34)18(23)42)24-19(43)11(35)4(28)12(36)20(24)44;/q2*-1;+2. The molecule has 0 aliphatic carbocycles. The number of benzene rings is 8. The molecule has 0 atom stereocenters. The Morgan fingerprint density at radius 2 is 0.172 bits per heavy atom. The minimum absolute atomic E-state index is 0. The van der Waals surface area contributed by atoms with E-state index in [9.17, 15) is 124 Å². The number of nitrogens with zero attached hydrogens (tertiary/aromatic N) is 2. The fourth-order valence-electron chi connectivity index (χ4n) is 8.04. The van der Waals surface area contributed by atoms with Crippen molar-refractivity contribution >= 4 is 71.6 Å². The summed E-state index contributed by atoms with van der Waals surface area (Å²) in [6.07, 6.45) is 0. The van der Waals surface area contributed by atoms with E-state index in [1.165, 1.54) is 0 Å². The monoisotopic (exact) mass is 1620 g/mol. The molecule has 8 aromatic rings. The summed E-state index contributed by atoms with van der Waals surface area (Å²) in [7, 11) is -32.5. The van der Waals surface area contributed by atoms with Gasteiger partial charge in [-0.2, -0.15) is 0 Å². The fraction of sp³-hybridized carbons (Fsp3) is 0. The second-order valence-corrected chi connectivity index (χ2v) is 27.4. The van der Waals surface area contributed by atoms with Gasteiger partial charge < -0.3 is 28.0 Å². The van der Waals surface area contributed by atoms with Gasteiger partial charge in [0.05, 0.1) is 71.6 Å². The van der Waals surface area contributed by atoms with Gasteiger partial charge in [-0.3, -0.25) is 0 Å². The van der Waals surface area contributed by atoms with Crippen molar-refractivity contribution < 1.29 is 213 Å². The topological polar surface area (TPSA) is 96.5 Å². The van der Waals surface area contributed by atoms with Crippen LogP contribution in [0.4, 0.5) is 176 Å². The molecule has 0 unspecified atom stereocenters. The van der Waals surface area contributed by atoms with Crippen LogP contribution in [-0.2, 0) is 37.7 Å². The molecule has 0 amide bonds. The summed E-state index contributed by atoms with van der Waals surface area (Å²) in [5, 5.41) is -28.2. The molecule has 0 N–H and O–H groups in total. The zero-order valence-corrected chi connectivity index (χ0v) is 50.7. The molecule has 528 valence electrons. The van der Waals surface area contributed by atoms with Crippen molar-refractivity contribution in [3.63, 3.8) is 0 Å². The van der Waals surface area contributed by atoms with Crippen molar-refractivity contribution in [2.24, 2.45) is 0 Å². The molecule has 0 aromatic heterocycles. The third-order valence-corrected chi connectivity index (χ3v) is 24.4. The molecular formula is C48F40N2O4P4Zn. The maximum atomic E-state index is 15.0. The van der Waals surface area contributed by atoms with Crippen LogP contribution in [0.5, 0.6) is 0 Å². The van der Waals surface area contributed by atoms with Gasteiger partial charge in [-0.25, -0.2) is 176 Å². The van der Waals surface area contributed by atoms with E-state index in [1.807, 2.05) is 9.72 Å². The minimum atomic E-state index is -8.11. The first-order valence-electron chi connectivity index (χ1n) is 22.9. The molecule has 0 bridgehead atoms. The molecule has 0 radical (unpaired) electrons. The fourth-order valence-corrected chi connectivity index (χ4v) is 20.5.